The lowest BCUT2D eigenvalue weighted by molar-refractivity contribution is 0.171. The lowest BCUT2D eigenvalue weighted by Crippen LogP contribution is -2.22. The molecule has 82 valence electrons. The smallest absolute Gasteiger partial charge is 0.137 e. The molecule has 1 fully saturated rings. The van der Waals surface area contributed by atoms with Crippen molar-refractivity contribution < 1.29 is 4.39 Å². The van der Waals surface area contributed by atoms with Crippen LogP contribution in [0.25, 0.3) is 0 Å². The molecule has 1 aliphatic carbocycles. The minimum atomic E-state index is -1.18. The van der Waals surface area contributed by atoms with Crippen molar-refractivity contribution >= 4 is 0 Å². The van der Waals surface area contributed by atoms with Gasteiger partial charge >= 0.3 is 0 Å². The summed E-state index contributed by atoms with van der Waals surface area (Å²) in [4.78, 5) is 0. The second-order valence-corrected chi connectivity index (χ2v) is 4.79. The Labute approximate surface area is 90.5 Å². The first-order valence-electron chi connectivity index (χ1n) is 5.53. The second kappa shape index (κ2) is 3.60. The van der Waals surface area contributed by atoms with Crippen molar-refractivity contribution in [2.45, 2.75) is 44.8 Å². The van der Waals surface area contributed by atoms with Gasteiger partial charge in [0, 0.05) is 12.5 Å². The highest BCUT2D eigenvalue weighted by molar-refractivity contribution is 5.36. The number of aryl methyl sites for hydroxylation is 2. The van der Waals surface area contributed by atoms with E-state index in [-0.39, 0.29) is 6.04 Å². The van der Waals surface area contributed by atoms with Crippen LogP contribution in [0, 0.1) is 13.8 Å². The van der Waals surface area contributed by atoms with Crippen molar-refractivity contribution in [3.05, 3.63) is 34.9 Å². The first-order chi connectivity index (χ1) is 7.01. The molecule has 2 heteroatoms. The van der Waals surface area contributed by atoms with E-state index in [1.807, 2.05) is 32.0 Å². The van der Waals surface area contributed by atoms with E-state index in [2.05, 4.69) is 0 Å². The molecule has 0 bridgehead atoms. The Morgan fingerprint density at radius 2 is 2.13 bits per heavy atom. The largest absolute Gasteiger partial charge is 0.328 e. The Kier molecular flexibility index (Phi) is 2.55. The molecule has 0 saturated heterocycles. The van der Waals surface area contributed by atoms with E-state index in [0.29, 0.717) is 12.8 Å². The fraction of sp³-hybridized carbons (Fsp3) is 0.538. The number of hydrogen-bond acceptors (Lipinski definition) is 1. The SMILES string of the molecule is Cc1ccc(C)c(C2(F)CCC(N)C2)c1. The van der Waals surface area contributed by atoms with E-state index in [1.54, 1.807) is 0 Å². The summed E-state index contributed by atoms with van der Waals surface area (Å²) in [5.41, 5.74) is 7.61. The average Bonchev–Trinajstić information content (AvgIpc) is 2.52. The van der Waals surface area contributed by atoms with Crippen molar-refractivity contribution in [2.75, 3.05) is 0 Å². The molecule has 0 spiro atoms. The molecular weight excluding hydrogens is 189 g/mol. The molecule has 1 aliphatic rings. The number of alkyl halides is 1. The molecule has 1 aromatic rings. The van der Waals surface area contributed by atoms with Gasteiger partial charge in [0.2, 0.25) is 0 Å². The Balaban J connectivity index is 2.40. The first-order valence-corrected chi connectivity index (χ1v) is 5.53. The Morgan fingerprint density at radius 3 is 2.73 bits per heavy atom. The van der Waals surface area contributed by atoms with Crippen LogP contribution in [-0.4, -0.2) is 6.04 Å². The van der Waals surface area contributed by atoms with Crippen LogP contribution < -0.4 is 5.73 Å². The summed E-state index contributed by atoms with van der Waals surface area (Å²) in [6.07, 6.45) is 1.83. The van der Waals surface area contributed by atoms with Gasteiger partial charge in [0.05, 0.1) is 0 Å². The predicted molar refractivity (Wildman–Crippen MR) is 60.5 cm³/mol. The standard InChI is InChI=1S/C13H18FN/c1-9-3-4-10(2)12(7-9)13(14)6-5-11(15)8-13/h3-4,7,11H,5-6,8,15H2,1-2H3. The van der Waals surface area contributed by atoms with Crippen molar-refractivity contribution in [3.8, 4) is 0 Å². The molecule has 0 aliphatic heterocycles. The van der Waals surface area contributed by atoms with E-state index in [0.717, 1.165) is 23.1 Å². The Morgan fingerprint density at radius 1 is 1.40 bits per heavy atom. The van der Waals surface area contributed by atoms with Crippen LogP contribution in [-0.2, 0) is 5.67 Å². The highest BCUT2D eigenvalue weighted by Crippen LogP contribution is 2.43. The maximum atomic E-state index is 14.7. The van der Waals surface area contributed by atoms with E-state index in [4.69, 9.17) is 5.73 Å². The Hall–Kier alpha value is -0.890. The van der Waals surface area contributed by atoms with Gasteiger partial charge in [-0.25, -0.2) is 4.39 Å². The average molecular weight is 207 g/mol. The summed E-state index contributed by atoms with van der Waals surface area (Å²) in [5.74, 6) is 0. The van der Waals surface area contributed by atoms with E-state index < -0.39 is 5.67 Å². The maximum absolute atomic E-state index is 14.7. The third-order valence-electron chi connectivity index (χ3n) is 3.37. The highest BCUT2D eigenvalue weighted by atomic mass is 19.1. The number of nitrogens with two attached hydrogens (primary N) is 1. The summed E-state index contributed by atoms with van der Waals surface area (Å²) in [7, 11) is 0. The van der Waals surface area contributed by atoms with Gasteiger partial charge in [-0.2, -0.15) is 0 Å². The highest BCUT2D eigenvalue weighted by Gasteiger charge is 2.40. The van der Waals surface area contributed by atoms with Gasteiger partial charge in [-0.05, 0) is 37.8 Å². The molecule has 1 nitrogen and oxygen atoms in total. The zero-order valence-corrected chi connectivity index (χ0v) is 9.39. The van der Waals surface area contributed by atoms with Gasteiger partial charge in [0.15, 0.2) is 0 Å². The third-order valence-corrected chi connectivity index (χ3v) is 3.37. The van der Waals surface area contributed by atoms with Crippen molar-refractivity contribution in [1.29, 1.82) is 0 Å². The van der Waals surface area contributed by atoms with Gasteiger partial charge in [-0.3, -0.25) is 0 Å². The van der Waals surface area contributed by atoms with Gasteiger partial charge in [0.25, 0.3) is 0 Å². The Bertz CT molecular complexity index is 375. The molecule has 0 heterocycles. The van der Waals surface area contributed by atoms with E-state index >= 15 is 0 Å². The lowest BCUT2D eigenvalue weighted by atomic mass is 9.89. The fourth-order valence-electron chi connectivity index (χ4n) is 2.50. The minimum absolute atomic E-state index is 0.0231. The first kappa shape index (κ1) is 10.6. The van der Waals surface area contributed by atoms with Crippen LogP contribution >= 0.6 is 0 Å². The van der Waals surface area contributed by atoms with Crippen LogP contribution in [0.1, 0.15) is 36.0 Å². The van der Waals surface area contributed by atoms with Crippen molar-refractivity contribution in [1.82, 2.24) is 0 Å². The van der Waals surface area contributed by atoms with Gasteiger partial charge < -0.3 is 5.73 Å². The fourth-order valence-corrected chi connectivity index (χ4v) is 2.50. The van der Waals surface area contributed by atoms with Crippen molar-refractivity contribution in [3.63, 3.8) is 0 Å². The van der Waals surface area contributed by atoms with Crippen LogP contribution in [0.3, 0.4) is 0 Å². The summed E-state index contributed by atoms with van der Waals surface area (Å²) < 4.78 is 14.7. The van der Waals surface area contributed by atoms with Crippen molar-refractivity contribution in [2.24, 2.45) is 5.73 Å². The molecule has 0 amide bonds. The van der Waals surface area contributed by atoms with E-state index in [1.165, 1.54) is 0 Å². The molecule has 2 rings (SSSR count). The second-order valence-electron chi connectivity index (χ2n) is 4.79. The molecule has 1 saturated carbocycles. The molecule has 2 N–H and O–H groups in total. The van der Waals surface area contributed by atoms with Crippen LogP contribution in [0.5, 0.6) is 0 Å². The molecule has 2 atom stereocenters. The third kappa shape index (κ3) is 1.91. The summed E-state index contributed by atoms with van der Waals surface area (Å²) in [6.45, 7) is 3.97. The number of rotatable bonds is 1. The summed E-state index contributed by atoms with van der Waals surface area (Å²) in [6, 6.07) is 6.01. The summed E-state index contributed by atoms with van der Waals surface area (Å²) >= 11 is 0. The van der Waals surface area contributed by atoms with E-state index in [9.17, 15) is 4.39 Å². The molecule has 1 aromatic carbocycles. The molecular formula is C13H18FN. The monoisotopic (exact) mass is 207 g/mol. The lowest BCUT2D eigenvalue weighted by Gasteiger charge is -2.22. The molecule has 2 unspecified atom stereocenters. The molecule has 15 heavy (non-hydrogen) atoms. The predicted octanol–water partition coefficient (Wildman–Crippen LogP) is 2.98. The number of benzene rings is 1. The topological polar surface area (TPSA) is 26.0 Å². The summed E-state index contributed by atoms with van der Waals surface area (Å²) in [5, 5.41) is 0. The van der Waals surface area contributed by atoms with Crippen LogP contribution in [0.15, 0.2) is 18.2 Å². The number of halogens is 1. The molecule has 0 aromatic heterocycles. The zero-order chi connectivity index (χ0) is 11.1. The number of hydrogen-bond donors (Lipinski definition) is 1. The maximum Gasteiger partial charge on any atom is 0.137 e. The minimum Gasteiger partial charge on any atom is -0.328 e. The quantitative estimate of drug-likeness (QED) is 0.752. The van der Waals surface area contributed by atoms with Crippen LogP contribution in [0.2, 0.25) is 0 Å². The zero-order valence-electron chi connectivity index (χ0n) is 9.39. The van der Waals surface area contributed by atoms with Gasteiger partial charge in [-0.15, -0.1) is 0 Å². The van der Waals surface area contributed by atoms with Gasteiger partial charge in [-0.1, -0.05) is 23.8 Å². The normalized spacial score (nSPS) is 30.8. The van der Waals surface area contributed by atoms with Crippen LogP contribution in [0.4, 0.5) is 4.39 Å². The van der Waals surface area contributed by atoms with Gasteiger partial charge in [0.1, 0.15) is 5.67 Å². The molecule has 0 radical (unpaired) electrons.